The first-order valence-electron chi connectivity index (χ1n) is 5.67. The molecule has 0 aliphatic rings. The van der Waals surface area contributed by atoms with Crippen LogP contribution in [-0.2, 0) is 13.6 Å². The van der Waals surface area contributed by atoms with Crippen LogP contribution in [0.5, 0.6) is 0 Å². The highest BCUT2D eigenvalue weighted by molar-refractivity contribution is 9.11. The smallest absolute Gasteiger partial charge is 0.0646 e. The Balaban J connectivity index is 2.22. The molecule has 0 unspecified atom stereocenters. The van der Waals surface area contributed by atoms with Crippen molar-refractivity contribution < 1.29 is 0 Å². The number of hydrogen-bond donors (Lipinski definition) is 1. The van der Waals surface area contributed by atoms with Gasteiger partial charge in [-0.05, 0) is 57.8 Å². The number of hydrogen-bond acceptors (Lipinski definition) is 2. The summed E-state index contributed by atoms with van der Waals surface area (Å²) in [6.07, 6.45) is 0. The molecule has 5 heteroatoms. The monoisotopic (exact) mass is 371 g/mol. The number of nitrogens with zero attached hydrogens (tertiary/aromatic N) is 2. The molecule has 2 rings (SSSR count). The van der Waals surface area contributed by atoms with Gasteiger partial charge in [-0.2, -0.15) is 5.10 Å². The minimum atomic E-state index is 0.771. The first-order chi connectivity index (χ1) is 8.50. The van der Waals surface area contributed by atoms with Crippen molar-refractivity contribution in [1.82, 2.24) is 9.78 Å². The largest absolute Gasteiger partial charge is 0.379 e. The summed E-state index contributed by atoms with van der Waals surface area (Å²) in [6, 6.07) is 6.05. The molecule has 0 bridgehead atoms. The number of anilines is 1. The van der Waals surface area contributed by atoms with E-state index in [4.69, 9.17) is 0 Å². The number of benzene rings is 1. The van der Waals surface area contributed by atoms with Crippen molar-refractivity contribution in [3.8, 4) is 0 Å². The lowest BCUT2D eigenvalue weighted by Crippen LogP contribution is -2.03. The average molecular weight is 373 g/mol. The maximum atomic E-state index is 4.42. The Bertz CT molecular complexity index is 556. The van der Waals surface area contributed by atoms with Crippen LogP contribution in [0, 0.1) is 13.8 Å². The molecule has 1 N–H and O–H groups in total. The van der Waals surface area contributed by atoms with Gasteiger partial charge in [-0.15, -0.1) is 0 Å². The normalized spacial score (nSPS) is 10.7. The van der Waals surface area contributed by atoms with E-state index in [-0.39, 0.29) is 0 Å². The van der Waals surface area contributed by atoms with E-state index in [0.29, 0.717) is 0 Å². The van der Waals surface area contributed by atoms with Crippen LogP contribution in [0.4, 0.5) is 5.69 Å². The lowest BCUT2D eigenvalue weighted by molar-refractivity contribution is 0.730. The zero-order valence-electron chi connectivity index (χ0n) is 10.6. The third kappa shape index (κ3) is 2.62. The highest BCUT2D eigenvalue weighted by Gasteiger charge is 2.10. The van der Waals surface area contributed by atoms with Gasteiger partial charge in [0.1, 0.15) is 0 Å². The first kappa shape index (κ1) is 13.6. The number of aryl methyl sites for hydroxylation is 2. The van der Waals surface area contributed by atoms with Crippen molar-refractivity contribution in [3.63, 3.8) is 0 Å². The predicted molar refractivity (Wildman–Crippen MR) is 81.9 cm³/mol. The van der Waals surface area contributed by atoms with Gasteiger partial charge in [0.25, 0.3) is 0 Å². The Hall–Kier alpha value is -0.810. The van der Waals surface area contributed by atoms with Crippen LogP contribution in [0.15, 0.2) is 27.1 Å². The van der Waals surface area contributed by atoms with E-state index in [2.05, 4.69) is 49.2 Å². The third-order valence-electron chi connectivity index (χ3n) is 3.06. The molecule has 2 aromatic rings. The number of aromatic nitrogens is 2. The Labute approximate surface area is 124 Å². The molecule has 18 heavy (non-hydrogen) atoms. The molecule has 0 atom stereocenters. The molecule has 0 spiro atoms. The Morgan fingerprint density at radius 2 is 1.83 bits per heavy atom. The van der Waals surface area contributed by atoms with E-state index in [1.807, 2.05) is 36.9 Å². The average Bonchev–Trinajstić information content (AvgIpc) is 2.54. The highest BCUT2D eigenvalue weighted by atomic mass is 79.9. The van der Waals surface area contributed by atoms with Crippen molar-refractivity contribution in [3.05, 3.63) is 44.1 Å². The second-order valence-electron chi connectivity index (χ2n) is 4.22. The molecule has 0 aliphatic carbocycles. The van der Waals surface area contributed by atoms with Gasteiger partial charge < -0.3 is 5.32 Å². The molecule has 0 saturated heterocycles. The van der Waals surface area contributed by atoms with Crippen LogP contribution in [0.2, 0.25) is 0 Å². The molecular weight excluding hydrogens is 358 g/mol. The lowest BCUT2D eigenvalue weighted by atomic mass is 10.2. The topological polar surface area (TPSA) is 29.9 Å². The molecule has 0 fully saturated rings. The van der Waals surface area contributed by atoms with Gasteiger partial charge in [0.15, 0.2) is 0 Å². The standard InChI is InChI=1S/C13H15Br2N3/c1-8-10(9(2)18(3)17-8)7-16-13-11(14)5-4-6-12(13)15/h4-6,16H,7H2,1-3H3. The van der Waals surface area contributed by atoms with Gasteiger partial charge in [0, 0.05) is 33.8 Å². The number of nitrogens with one attached hydrogen (secondary N) is 1. The van der Waals surface area contributed by atoms with Gasteiger partial charge in [0.2, 0.25) is 0 Å². The quantitative estimate of drug-likeness (QED) is 0.875. The molecule has 0 radical (unpaired) electrons. The Kier molecular flexibility index (Phi) is 4.12. The van der Waals surface area contributed by atoms with E-state index in [0.717, 1.165) is 26.9 Å². The summed E-state index contributed by atoms with van der Waals surface area (Å²) < 4.78 is 4.02. The highest BCUT2D eigenvalue weighted by Crippen LogP contribution is 2.31. The van der Waals surface area contributed by atoms with Crippen LogP contribution in [0.25, 0.3) is 0 Å². The summed E-state index contributed by atoms with van der Waals surface area (Å²) >= 11 is 7.10. The van der Waals surface area contributed by atoms with Gasteiger partial charge >= 0.3 is 0 Å². The predicted octanol–water partition coefficient (Wildman–Crippen LogP) is 4.17. The minimum absolute atomic E-state index is 0.771. The second-order valence-corrected chi connectivity index (χ2v) is 5.93. The van der Waals surface area contributed by atoms with Gasteiger partial charge in [0.05, 0.1) is 11.4 Å². The molecule has 1 aromatic heterocycles. The zero-order chi connectivity index (χ0) is 13.3. The van der Waals surface area contributed by atoms with Gasteiger partial charge in [-0.3, -0.25) is 4.68 Å². The summed E-state index contributed by atoms with van der Waals surface area (Å²) in [6.45, 7) is 4.90. The minimum Gasteiger partial charge on any atom is -0.379 e. The summed E-state index contributed by atoms with van der Waals surface area (Å²) in [4.78, 5) is 0. The molecule has 0 amide bonds. The molecule has 1 aromatic carbocycles. The van der Waals surface area contributed by atoms with Gasteiger partial charge in [-0.1, -0.05) is 6.07 Å². The van der Waals surface area contributed by atoms with Gasteiger partial charge in [-0.25, -0.2) is 0 Å². The fourth-order valence-corrected chi connectivity index (χ4v) is 3.20. The van der Waals surface area contributed by atoms with Crippen LogP contribution in [0.3, 0.4) is 0 Å². The Morgan fingerprint density at radius 3 is 2.33 bits per heavy atom. The molecule has 1 heterocycles. The van der Waals surface area contributed by atoms with Crippen molar-refractivity contribution in [2.45, 2.75) is 20.4 Å². The Morgan fingerprint density at radius 1 is 1.22 bits per heavy atom. The summed E-state index contributed by atoms with van der Waals surface area (Å²) in [5.41, 5.74) is 4.59. The van der Waals surface area contributed by atoms with E-state index in [1.54, 1.807) is 0 Å². The van der Waals surface area contributed by atoms with Crippen molar-refractivity contribution >= 4 is 37.5 Å². The molecule has 0 saturated carbocycles. The third-order valence-corrected chi connectivity index (χ3v) is 4.39. The molecule has 3 nitrogen and oxygen atoms in total. The summed E-state index contributed by atoms with van der Waals surface area (Å²) in [7, 11) is 1.97. The SMILES string of the molecule is Cc1nn(C)c(C)c1CNc1c(Br)cccc1Br. The molecule has 0 aliphatic heterocycles. The van der Waals surface area contributed by atoms with Crippen LogP contribution < -0.4 is 5.32 Å². The maximum Gasteiger partial charge on any atom is 0.0646 e. The van der Waals surface area contributed by atoms with Crippen LogP contribution >= 0.6 is 31.9 Å². The maximum absolute atomic E-state index is 4.42. The van der Waals surface area contributed by atoms with Crippen molar-refractivity contribution in [2.24, 2.45) is 7.05 Å². The molecule has 96 valence electrons. The number of rotatable bonds is 3. The fraction of sp³-hybridized carbons (Fsp3) is 0.308. The number of para-hydroxylation sites is 1. The second kappa shape index (κ2) is 5.45. The summed E-state index contributed by atoms with van der Waals surface area (Å²) in [5.74, 6) is 0. The summed E-state index contributed by atoms with van der Waals surface area (Å²) in [5, 5.41) is 7.87. The van der Waals surface area contributed by atoms with Crippen LogP contribution in [-0.4, -0.2) is 9.78 Å². The van der Waals surface area contributed by atoms with Crippen molar-refractivity contribution in [2.75, 3.05) is 5.32 Å². The number of halogens is 2. The van der Waals surface area contributed by atoms with E-state index in [1.165, 1.54) is 11.3 Å². The zero-order valence-corrected chi connectivity index (χ0v) is 13.8. The lowest BCUT2D eigenvalue weighted by Gasteiger charge is -2.11. The van der Waals surface area contributed by atoms with E-state index < -0.39 is 0 Å². The first-order valence-corrected chi connectivity index (χ1v) is 7.26. The van der Waals surface area contributed by atoms with E-state index in [9.17, 15) is 0 Å². The molecular formula is C13H15Br2N3. The fourth-order valence-electron chi connectivity index (χ4n) is 1.92. The van der Waals surface area contributed by atoms with E-state index >= 15 is 0 Å². The van der Waals surface area contributed by atoms with Crippen LogP contribution in [0.1, 0.15) is 17.0 Å². The van der Waals surface area contributed by atoms with Crippen molar-refractivity contribution in [1.29, 1.82) is 0 Å².